The molecule has 0 rings (SSSR count). The van der Waals surface area contributed by atoms with Crippen LogP contribution < -0.4 is 0 Å². The molecule has 0 amide bonds. The lowest BCUT2D eigenvalue weighted by atomic mass is 10.7. The summed E-state index contributed by atoms with van der Waals surface area (Å²) in [5.74, 6) is 0. The van der Waals surface area contributed by atoms with Gasteiger partial charge in [-0.3, -0.25) is 0 Å². The Kier molecular flexibility index (Phi) is 6.12. The SMILES string of the molecule is C=CC[Si](CCl)(CC=C)CC=C. The number of alkyl halides is 1. The van der Waals surface area contributed by atoms with Crippen molar-refractivity contribution in [1.82, 2.24) is 0 Å². The Morgan fingerprint density at radius 3 is 1.42 bits per heavy atom. The molecule has 0 aromatic heterocycles. The number of hydrogen-bond acceptors (Lipinski definition) is 0. The Labute approximate surface area is 81.6 Å². The number of allylic oxidation sites excluding steroid dienone is 3. The normalized spacial score (nSPS) is 10.8. The van der Waals surface area contributed by atoms with Crippen LogP contribution in [0.5, 0.6) is 0 Å². The molecule has 0 saturated carbocycles. The lowest BCUT2D eigenvalue weighted by Gasteiger charge is -2.25. The van der Waals surface area contributed by atoms with Gasteiger partial charge in [-0.1, -0.05) is 18.2 Å². The van der Waals surface area contributed by atoms with Gasteiger partial charge in [0.05, 0.1) is 8.07 Å². The highest BCUT2D eigenvalue weighted by Crippen LogP contribution is 2.23. The van der Waals surface area contributed by atoms with Crippen LogP contribution in [0.15, 0.2) is 38.0 Å². The van der Waals surface area contributed by atoms with Crippen LogP contribution in [0.2, 0.25) is 18.1 Å². The van der Waals surface area contributed by atoms with Crippen molar-refractivity contribution < 1.29 is 0 Å². The first-order valence-electron chi connectivity index (χ1n) is 4.13. The molecular weight excluding hydrogens is 184 g/mol. The third kappa shape index (κ3) is 3.42. The van der Waals surface area contributed by atoms with Crippen molar-refractivity contribution in [3.63, 3.8) is 0 Å². The summed E-state index contributed by atoms with van der Waals surface area (Å²) < 4.78 is 0. The van der Waals surface area contributed by atoms with Gasteiger partial charge in [0.1, 0.15) is 0 Å². The molecule has 0 atom stereocenters. The van der Waals surface area contributed by atoms with Crippen molar-refractivity contribution >= 4 is 19.7 Å². The van der Waals surface area contributed by atoms with Crippen molar-refractivity contribution in [2.75, 3.05) is 5.50 Å². The molecule has 0 heterocycles. The molecule has 0 aliphatic rings. The Morgan fingerprint density at radius 2 is 1.25 bits per heavy atom. The lowest BCUT2D eigenvalue weighted by molar-refractivity contribution is 1.34. The van der Waals surface area contributed by atoms with E-state index in [4.69, 9.17) is 11.6 Å². The standard InChI is InChI=1S/C10H17ClSi/c1-4-7-12(10-11,8-5-2)9-6-3/h4-6H,1-3,7-10H2. The van der Waals surface area contributed by atoms with Gasteiger partial charge in [-0.25, -0.2) is 0 Å². The molecule has 0 radical (unpaired) electrons. The summed E-state index contributed by atoms with van der Waals surface area (Å²) in [4.78, 5) is 0. The fourth-order valence-corrected chi connectivity index (χ4v) is 4.98. The van der Waals surface area contributed by atoms with E-state index in [1.807, 2.05) is 18.2 Å². The summed E-state index contributed by atoms with van der Waals surface area (Å²) in [5.41, 5.74) is 0.775. The zero-order valence-electron chi connectivity index (χ0n) is 7.56. The highest BCUT2D eigenvalue weighted by molar-refractivity contribution is 6.86. The predicted molar refractivity (Wildman–Crippen MR) is 61.5 cm³/mol. The van der Waals surface area contributed by atoms with Gasteiger partial charge >= 0.3 is 0 Å². The molecule has 12 heavy (non-hydrogen) atoms. The summed E-state index contributed by atoms with van der Waals surface area (Å²) in [6.45, 7) is 11.3. The van der Waals surface area contributed by atoms with Gasteiger partial charge in [-0.2, -0.15) is 0 Å². The molecule has 0 bridgehead atoms. The van der Waals surface area contributed by atoms with Crippen LogP contribution in [0.25, 0.3) is 0 Å². The summed E-state index contributed by atoms with van der Waals surface area (Å²) in [7, 11) is -1.36. The highest BCUT2D eigenvalue weighted by atomic mass is 35.5. The Hall–Kier alpha value is -0.273. The van der Waals surface area contributed by atoms with Crippen molar-refractivity contribution in [2.24, 2.45) is 0 Å². The van der Waals surface area contributed by atoms with Crippen LogP contribution in [0.4, 0.5) is 0 Å². The fourth-order valence-electron chi connectivity index (χ4n) is 1.33. The van der Waals surface area contributed by atoms with Gasteiger partial charge in [0.25, 0.3) is 0 Å². The van der Waals surface area contributed by atoms with E-state index < -0.39 is 8.07 Å². The molecule has 0 aliphatic carbocycles. The molecule has 0 aliphatic heterocycles. The van der Waals surface area contributed by atoms with Crippen LogP contribution in [-0.2, 0) is 0 Å². The molecule has 0 aromatic carbocycles. The van der Waals surface area contributed by atoms with Gasteiger partial charge in [-0.15, -0.1) is 31.3 Å². The molecule has 0 aromatic rings. The van der Waals surface area contributed by atoms with Gasteiger partial charge in [0.15, 0.2) is 0 Å². The van der Waals surface area contributed by atoms with Gasteiger partial charge < -0.3 is 0 Å². The first kappa shape index (κ1) is 11.7. The molecule has 0 nitrogen and oxygen atoms in total. The van der Waals surface area contributed by atoms with Crippen LogP contribution >= 0.6 is 11.6 Å². The van der Waals surface area contributed by atoms with E-state index in [0.29, 0.717) is 0 Å². The quantitative estimate of drug-likeness (QED) is 0.334. The minimum absolute atomic E-state index is 0.775. The van der Waals surface area contributed by atoms with E-state index >= 15 is 0 Å². The van der Waals surface area contributed by atoms with Crippen LogP contribution in [0, 0.1) is 0 Å². The van der Waals surface area contributed by atoms with Crippen molar-refractivity contribution in [2.45, 2.75) is 18.1 Å². The second-order valence-corrected chi connectivity index (χ2v) is 8.41. The lowest BCUT2D eigenvalue weighted by Crippen LogP contribution is -2.34. The van der Waals surface area contributed by atoms with Crippen LogP contribution in [0.1, 0.15) is 0 Å². The van der Waals surface area contributed by atoms with Gasteiger partial charge in [0.2, 0.25) is 0 Å². The van der Waals surface area contributed by atoms with E-state index in [1.165, 1.54) is 0 Å². The number of hydrogen-bond donors (Lipinski definition) is 0. The van der Waals surface area contributed by atoms with Crippen LogP contribution in [0.3, 0.4) is 0 Å². The maximum Gasteiger partial charge on any atom is 0.0811 e. The topological polar surface area (TPSA) is 0 Å². The molecule has 0 fully saturated rings. The third-order valence-corrected chi connectivity index (χ3v) is 7.75. The number of rotatable bonds is 7. The minimum Gasteiger partial charge on any atom is -0.130 e. The van der Waals surface area contributed by atoms with Crippen molar-refractivity contribution in [3.8, 4) is 0 Å². The summed E-state index contributed by atoms with van der Waals surface area (Å²) in [6, 6.07) is 3.19. The first-order chi connectivity index (χ1) is 5.74. The van der Waals surface area contributed by atoms with E-state index in [-0.39, 0.29) is 0 Å². The van der Waals surface area contributed by atoms with Crippen molar-refractivity contribution in [3.05, 3.63) is 38.0 Å². The van der Waals surface area contributed by atoms with Gasteiger partial charge in [-0.05, 0) is 18.1 Å². The minimum atomic E-state index is -1.36. The molecule has 0 saturated heterocycles. The number of halogens is 1. The van der Waals surface area contributed by atoms with E-state index in [2.05, 4.69) is 19.7 Å². The molecule has 68 valence electrons. The average Bonchev–Trinajstić information content (AvgIpc) is 2.06. The van der Waals surface area contributed by atoms with Crippen molar-refractivity contribution in [1.29, 1.82) is 0 Å². The fraction of sp³-hybridized carbons (Fsp3) is 0.400. The molecule has 2 heteroatoms. The summed E-state index contributed by atoms with van der Waals surface area (Å²) in [6.07, 6.45) is 5.92. The molecule has 0 N–H and O–H groups in total. The Balaban J connectivity index is 4.35. The van der Waals surface area contributed by atoms with E-state index in [0.717, 1.165) is 23.6 Å². The maximum absolute atomic E-state index is 5.98. The van der Waals surface area contributed by atoms with Gasteiger partial charge in [0, 0.05) is 5.50 Å². The average molecular weight is 201 g/mol. The second-order valence-electron chi connectivity index (χ2n) is 3.11. The Bertz CT molecular complexity index is 137. The summed E-state index contributed by atoms with van der Waals surface area (Å²) >= 11 is 5.98. The molecule has 0 unspecified atom stereocenters. The van der Waals surface area contributed by atoms with E-state index in [9.17, 15) is 0 Å². The Morgan fingerprint density at radius 1 is 0.917 bits per heavy atom. The molecular formula is C10H17ClSi. The maximum atomic E-state index is 5.98. The zero-order valence-corrected chi connectivity index (χ0v) is 9.32. The zero-order chi connectivity index (χ0) is 9.45. The van der Waals surface area contributed by atoms with E-state index in [1.54, 1.807) is 0 Å². The smallest absolute Gasteiger partial charge is 0.0811 e. The highest BCUT2D eigenvalue weighted by Gasteiger charge is 2.27. The van der Waals surface area contributed by atoms with Crippen LogP contribution in [-0.4, -0.2) is 13.6 Å². The third-order valence-electron chi connectivity index (χ3n) is 2.02. The first-order valence-corrected chi connectivity index (χ1v) is 7.49. The molecule has 0 spiro atoms. The summed E-state index contributed by atoms with van der Waals surface area (Å²) in [5, 5.41) is 0. The monoisotopic (exact) mass is 200 g/mol. The largest absolute Gasteiger partial charge is 0.130 e. The predicted octanol–water partition coefficient (Wildman–Crippen LogP) is 3.77. The second kappa shape index (κ2) is 6.27.